The molecule has 0 amide bonds. The highest BCUT2D eigenvalue weighted by molar-refractivity contribution is 7.90. The molecule has 1 aromatic heterocycles. The predicted molar refractivity (Wildman–Crippen MR) is 101 cm³/mol. The summed E-state index contributed by atoms with van der Waals surface area (Å²) in [6.45, 7) is 4.52. The van der Waals surface area contributed by atoms with Gasteiger partial charge in [-0.3, -0.25) is 0 Å². The van der Waals surface area contributed by atoms with Crippen LogP contribution in [-0.4, -0.2) is 19.4 Å². The molecule has 0 spiro atoms. The third-order valence-corrected chi connectivity index (χ3v) is 6.00. The molecule has 0 aliphatic carbocycles. The zero-order valence-electron chi connectivity index (χ0n) is 14.7. The summed E-state index contributed by atoms with van der Waals surface area (Å²) in [7, 11) is -1.81. The summed E-state index contributed by atoms with van der Waals surface area (Å²) in [6, 6.07) is 16.6. The van der Waals surface area contributed by atoms with Gasteiger partial charge in [0.25, 0.3) is 10.0 Å². The van der Waals surface area contributed by atoms with Crippen LogP contribution >= 0.6 is 0 Å². The van der Waals surface area contributed by atoms with Crippen molar-refractivity contribution in [2.24, 2.45) is 0 Å². The van der Waals surface area contributed by atoms with Gasteiger partial charge in [-0.2, -0.15) is 0 Å². The smallest absolute Gasteiger partial charge is 0.268 e. The molecular formula is C20H22N2O2S. The van der Waals surface area contributed by atoms with Crippen LogP contribution in [-0.2, 0) is 16.6 Å². The monoisotopic (exact) mass is 354 g/mol. The average Bonchev–Trinajstić information content (AvgIpc) is 2.94. The lowest BCUT2D eigenvalue weighted by Crippen LogP contribution is -2.13. The molecule has 0 radical (unpaired) electrons. The lowest BCUT2D eigenvalue weighted by molar-refractivity contribution is 0.588. The molecule has 5 heteroatoms. The number of aryl methyl sites for hydroxylation is 1. The molecule has 0 bridgehead atoms. The first-order valence-corrected chi connectivity index (χ1v) is 9.62. The zero-order valence-corrected chi connectivity index (χ0v) is 15.5. The van der Waals surface area contributed by atoms with Gasteiger partial charge in [0, 0.05) is 12.7 Å². The fraction of sp³-hybridized carbons (Fsp3) is 0.200. The summed E-state index contributed by atoms with van der Waals surface area (Å²) < 4.78 is 27.9. The summed E-state index contributed by atoms with van der Waals surface area (Å²) in [6.07, 6.45) is 1.73. The number of aromatic nitrogens is 1. The van der Waals surface area contributed by atoms with E-state index in [0.29, 0.717) is 17.1 Å². The predicted octanol–water partition coefficient (Wildman–Crippen LogP) is 3.73. The van der Waals surface area contributed by atoms with Crippen LogP contribution in [0.1, 0.15) is 16.7 Å². The molecule has 3 aromatic rings. The van der Waals surface area contributed by atoms with E-state index in [4.69, 9.17) is 0 Å². The van der Waals surface area contributed by atoms with E-state index in [9.17, 15) is 8.42 Å². The molecule has 130 valence electrons. The second-order valence-corrected chi connectivity index (χ2v) is 7.95. The number of nitrogens with zero attached hydrogens (tertiary/aromatic N) is 1. The largest absolute Gasteiger partial charge is 0.316 e. The van der Waals surface area contributed by atoms with Crippen molar-refractivity contribution in [1.82, 2.24) is 9.29 Å². The van der Waals surface area contributed by atoms with Crippen molar-refractivity contribution in [3.63, 3.8) is 0 Å². The van der Waals surface area contributed by atoms with E-state index in [1.54, 1.807) is 18.3 Å². The Hall–Kier alpha value is -2.37. The van der Waals surface area contributed by atoms with Crippen LogP contribution in [0.2, 0.25) is 0 Å². The van der Waals surface area contributed by atoms with E-state index in [-0.39, 0.29) is 0 Å². The summed E-state index contributed by atoms with van der Waals surface area (Å²) in [5.41, 5.74) is 4.57. The molecule has 0 aliphatic rings. The minimum absolute atomic E-state index is 0.293. The van der Waals surface area contributed by atoms with E-state index in [0.717, 1.165) is 22.3 Å². The van der Waals surface area contributed by atoms with Gasteiger partial charge < -0.3 is 5.32 Å². The highest BCUT2D eigenvalue weighted by Crippen LogP contribution is 2.31. The maximum absolute atomic E-state index is 13.3. The number of hydrogen-bond donors (Lipinski definition) is 1. The Balaban J connectivity index is 2.24. The summed E-state index contributed by atoms with van der Waals surface area (Å²) in [4.78, 5) is 0.293. The lowest BCUT2D eigenvalue weighted by Gasteiger charge is -2.12. The van der Waals surface area contributed by atoms with Crippen molar-refractivity contribution < 1.29 is 8.42 Å². The van der Waals surface area contributed by atoms with Crippen LogP contribution in [0.5, 0.6) is 0 Å². The molecule has 0 saturated carbocycles. The number of benzene rings is 2. The van der Waals surface area contributed by atoms with Crippen molar-refractivity contribution in [3.05, 3.63) is 77.5 Å². The number of nitrogens with one attached hydrogen (secondary N) is 1. The van der Waals surface area contributed by atoms with Gasteiger partial charge in [0.1, 0.15) is 0 Å². The summed E-state index contributed by atoms with van der Waals surface area (Å²) in [5.74, 6) is 0. The van der Waals surface area contributed by atoms with Crippen molar-refractivity contribution in [1.29, 1.82) is 0 Å². The first-order valence-electron chi connectivity index (χ1n) is 8.18. The second kappa shape index (κ2) is 6.86. The Kier molecular flexibility index (Phi) is 4.79. The normalized spacial score (nSPS) is 11.6. The Morgan fingerprint density at radius 2 is 1.60 bits per heavy atom. The van der Waals surface area contributed by atoms with Gasteiger partial charge in [0.15, 0.2) is 0 Å². The molecular weight excluding hydrogens is 332 g/mol. The summed E-state index contributed by atoms with van der Waals surface area (Å²) >= 11 is 0. The molecule has 3 rings (SSSR count). The van der Waals surface area contributed by atoms with E-state index in [1.165, 1.54) is 3.97 Å². The molecule has 4 nitrogen and oxygen atoms in total. The molecule has 0 atom stereocenters. The Bertz CT molecular complexity index is 973. The van der Waals surface area contributed by atoms with Crippen LogP contribution in [0.4, 0.5) is 0 Å². The van der Waals surface area contributed by atoms with Crippen molar-refractivity contribution in [2.45, 2.75) is 25.3 Å². The molecule has 1 N–H and O–H groups in total. The third-order valence-electron chi connectivity index (χ3n) is 4.32. The van der Waals surface area contributed by atoms with Gasteiger partial charge in [-0.05, 0) is 49.7 Å². The lowest BCUT2D eigenvalue weighted by atomic mass is 10.1. The van der Waals surface area contributed by atoms with Crippen LogP contribution in [0.15, 0.2) is 65.7 Å². The van der Waals surface area contributed by atoms with Gasteiger partial charge in [0.2, 0.25) is 0 Å². The molecule has 25 heavy (non-hydrogen) atoms. The molecule has 2 aromatic carbocycles. The van der Waals surface area contributed by atoms with Gasteiger partial charge in [-0.15, -0.1) is 0 Å². The third kappa shape index (κ3) is 3.25. The zero-order chi connectivity index (χ0) is 18.0. The first-order chi connectivity index (χ1) is 11.9. The summed E-state index contributed by atoms with van der Waals surface area (Å²) in [5, 5.41) is 3.11. The van der Waals surface area contributed by atoms with Gasteiger partial charge in [0.05, 0.1) is 10.6 Å². The van der Waals surface area contributed by atoms with Crippen molar-refractivity contribution in [2.75, 3.05) is 7.05 Å². The van der Waals surface area contributed by atoms with Crippen molar-refractivity contribution in [3.8, 4) is 11.3 Å². The Morgan fingerprint density at radius 1 is 0.960 bits per heavy atom. The van der Waals surface area contributed by atoms with E-state index in [1.807, 2.05) is 63.4 Å². The Morgan fingerprint density at radius 3 is 2.20 bits per heavy atom. The van der Waals surface area contributed by atoms with Crippen LogP contribution in [0, 0.1) is 13.8 Å². The number of rotatable bonds is 5. The van der Waals surface area contributed by atoms with E-state index >= 15 is 0 Å². The molecule has 0 fully saturated rings. The molecule has 1 heterocycles. The van der Waals surface area contributed by atoms with E-state index < -0.39 is 10.0 Å². The fourth-order valence-corrected chi connectivity index (χ4v) is 4.40. The highest BCUT2D eigenvalue weighted by Gasteiger charge is 2.24. The maximum atomic E-state index is 13.3. The number of hydrogen-bond acceptors (Lipinski definition) is 3. The molecule has 0 aliphatic heterocycles. The van der Waals surface area contributed by atoms with Crippen LogP contribution in [0.3, 0.4) is 0 Å². The first kappa shape index (κ1) is 17.5. The second-order valence-electron chi connectivity index (χ2n) is 6.14. The topological polar surface area (TPSA) is 51.1 Å². The van der Waals surface area contributed by atoms with Crippen LogP contribution < -0.4 is 5.32 Å². The average molecular weight is 354 g/mol. The molecule has 0 saturated heterocycles. The fourth-order valence-electron chi connectivity index (χ4n) is 2.94. The quantitative estimate of drug-likeness (QED) is 0.759. The van der Waals surface area contributed by atoms with Crippen molar-refractivity contribution >= 4 is 10.0 Å². The van der Waals surface area contributed by atoms with Gasteiger partial charge in [-0.1, -0.05) is 48.0 Å². The maximum Gasteiger partial charge on any atom is 0.268 e. The van der Waals surface area contributed by atoms with E-state index in [2.05, 4.69) is 5.32 Å². The molecule has 0 unspecified atom stereocenters. The highest BCUT2D eigenvalue weighted by atomic mass is 32.2. The minimum atomic E-state index is -3.67. The minimum Gasteiger partial charge on any atom is -0.316 e. The van der Waals surface area contributed by atoms with Gasteiger partial charge >= 0.3 is 0 Å². The SMILES string of the molecule is CNCc1cn(S(=O)(=O)c2ccc(C)cc2)c(-c2ccccc2)c1C. The van der Waals surface area contributed by atoms with Crippen LogP contribution in [0.25, 0.3) is 11.3 Å². The standard InChI is InChI=1S/C20H22N2O2S/c1-15-9-11-19(12-10-15)25(23,24)22-14-18(13-21-3)16(2)20(22)17-7-5-4-6-8-17/h4-12,14,21H,13H2,1-3H3. The van der Waals surface area contributed by atoms with Gasteiger partial charge in [-0.25, -0.2) is 12.4 Å². The Labute approximate surface area is 149 Å².